The Labute approximate surface area is 182 Å². The van der Waals surface area contributed by atoms with Crippen molar-refractivity contribution in [3.8, 4) is 0 Å². The number of likely N-dealkylation sites (N-methyl/N-ethyl adjacent to an activating group) is 1. The molecule has 0 bridgehead atoms. The molecule has 0 saturated carbocycles. The molecule has 1 N–H and O–H groups in total. The summed E-state index contributed by atoms with van der Waals surface area (Å²) in [4.78, 5) is 25.7. The van der Waals surface area contributed by atoms with Crippen LogP contribution in [0.4, 0.5) is 11.6 Å². The minimum atomic E-state index is -0.589. The monoisotopic (exact) mass is 448 g/mol. The fourth-order valence-corrected chi connectivity index (χ4v) is 2.81. The van der Waals surface area contributed by atoms with Crippen molar-refractivity contribution in [1.82, 2.24) is 20.0 Å². The molecular weight excluding hydrogens is 431 g/mol. The first-order valence-corrected chi connectivity index (χ1v) is 9.59. The zero-order valence-electron chi connectivity index (χ0n) is 16.0. The summed E-state index contributed by atoms with van der Waals surface area (Å²) in [5.74, 6) is -0.166. The summed E-state index contributed by atoms with van der Waals surface area (Å²) < 4.78 is 6.62. The first-order valence-electron chi connectivity index (χ1n) is 8.83. The highest BCUT2D eigenvalue weighted by Crippen LogP contribution is 2.18. The molecule has 0 saturated heterocycles. The lowest BCUT2D eigenvalue weighted by Gasteiger charge is -2.16. The molecule has 0 spiro atoms. The van der Waals surface area contributed by atoms with Crippen molar-refractivity contribution >= 4 is 46.7 Å². The van der Waals surface area contributed by atoms with Crippen LogP contribution in [0.15, 0.2) is 48.7 Å². The zero-order chi connectivity index (χ0) is 21.5. The van der Waals surface area contributed by atoms with Crippen molar-refractivity contribution in [2.24, 2.45) is 0 Å². The van der Waals surface area contributed by atoms with Gasteiger partial charge in [-0.3, -0.25) is 9.59 Å². The molecule has 11 heteroatoms. The number of carbonyl (C=O) groups excluding carboxylic acids is 2. The molecule has 0 atom stereocenters. The van der Waals surface area contributed by atoms with Gasteiger partial charge in [0.05, 0.1) is 12.7 Å². The van der Waals surface area contributed by atoms with Gasteiger partial charge in [-0.1, -0.05) is 41.4 Å². The van der Waals surface area contributed by atoms with E-state index in [2.05, 4.69) is 20.6 Å². The summed E-state index contributed by atoms with van der Waals surface area (Å²) in [6.07, 6.45) is 1.56. The van der Waals surface area contributed by atoms with Crippen molar-refractivity contribution in [3.05, 3.63) is 64.4 Å². The second-order valence-electron chi connectivity index (χ2n) is 6.24. The molecule has 3 rings (SSSR count). The summed E-state index contributed by atoms with van der Waals surface area (Å²) in [5, 5.41) is 15.3. The number of rotatable bonds is 8. The number of anilines is 2. The smallest absolute Gasteiger partial charge is 0.326 e. The Bertz CT molecular complexity index is 1030. The maximum absolute atomic E-state index is 12.2. The van der Waals surface area contributed by atoms with Gasteiger partial charge in [-0.15, -0.1) is 10.2 Å². The summed E-state index contributed by atoms with van der Waals surface area (Å²) in [6.45, 7) is -0.154. The second-order valence-corrected chi connectivity index (χ2v) is 7.04. The minimum Gasteiger partial charge on any atom is -0.454 e. The number of ether oxygens (including phenoxy) is 1. The van der Waals surface area contributed by atoms with E-state index in [4.69, 9.17) is 27.9 Å². The summed E-state index contributed by atoms with van der Waals surface area (Å²) in [6, 6.07) is 12.2. The van der Waals surface area contributed by atoms with E-state index in [-0.39, 0.29) is 11.7 Å². The lowest BCUT2D eigenvalue weighted by molar-refractivity contribution is -0.145. The van der Waals surface area contributed by atoms with Crippen molar-refractivity contribution in [2.45, 2.75) is 6.54 Å². The molecule has 2 aromatic heterocycles. The topological polar surface area (TPSA) is 102 Å². The van der Waals surface area contributed by atoms with E-state index in [0.717, 1.165) is 5.56 Å². The highest BCUT2D eigenvalue weighted by atomic mass is 35.5. The van der Waals surface area contributed by atoms with E-state index in [0.29, 0.717) is 23.2 Å². The molecule has 9 nitrogen and oxygen atoms in total. The van der Waals surface area contributed by atoms with Crippen LogP contribution >= 0.6 is 23.2 Å². The van der Waals surface area contributed by atoms with Crippen molar-refractivity contribution in [3.63, 3.8) is 0 Å². The van der Waals surface area contributed by atoms with Crippen molar-refractivity contribution in [1.29, 1.82) is 0 Å². The van der Waals surface area contributed by atoms with Crippen LogP contribution in [0.3, 0.4) is 0 Å². The fraction of sp³-hybridized carbons (Fsp3) is 0.211. The third kappa shape index (κ3) is 5.91. The molecule has 3 aromatic rings. The van der Waals surface area contributed by atoms with Crippen LogP contribution in [-0.2, 0) is 20.9 Å². The largest absolute Gasteiger partial charge is 0.454 e. The first-order chi connectivity index (χ1) is 14.4. The predicted octanol–water partition coefficient (Wildman–Crippen LogP) is 2.65. The van der Waals surface area contributed by atoms with E-state index in [1.54, 1.807) is 42.2 Å². The number of nitrogens with one attached hydrogen (secondary N) is 1. The van der Waals surface area contributed by atoms with E-state index in [1.807, 2.05) is 18.2 Å². The SMILES string of the molecule is CN(CC(=O)OCC(=O)Nc1ccnn1Cc1ccccc1Cl)c1ccc(Cl)nn1. The van der Waals surface area contributed by atoms with Crippen LogP contribution in [0.2, 0.25) is 10.2 Å². The molecule has 0 aliphatic heterocycles. The van der Waals surface area contributed by atoms with Crippen LogP contribution in [-0.4, -0.2) is 52.1 Å². The Morgan fingerprint density at radius 2 is 1.93 bits per heavy atom. The Kier molecular flexibility index (Phi) is 7.21. The van der Waals surface area contributed by atoms with Gasteiger partial charge in [0.15, 0.2) is 17.6 Å². The average Bonchev–Trinajstić information content (AvgIpc) is 3.15. The van der Waals surface area contributed by atoms with Gasteiger partial charge in [0.2, 0.25) is 0 Å². The third-order valence-corrected chi connectivity index (χ3v) is 4.57. The maximum atomic E-state index is 12.2. The number of hydrogen-bond acceptors (Lipinski definition) is 7. The first kappa shape index (κ1) is 21.5. The maximum Gasteiger partial charge on any atom is 0.326 e. The molecule has 2 heterocycles. The number of aromatic nitrogens is 4. The lowest BCUT2D eigenvalue weighted by Crippen LogP contribution is -2.30. The van der Waals surface area contributed by atoms with Gasteiger partial charge in [0, 0.05) is 18.1 Å². The molecule has 1 amide bonds. The van der Waals surface area contributed by atoms with Gasteiger partial charge in [0.25, 0.3) is 5.91 Å². The molecule has 0 radical (unpaired) electrons. The summed E-state index contributed by atoms with van der Waals surface area (Å²) in [5.41, 5.74) is 0.859. The quantitative estimate of drug-likeness (QED) is 0.528. The number of benzene rings is 1. The molecule has 30 heavy (non-hydrogen) atoms. The Morgan fingerprint density at radius 1 is 1.13 bits per heavy atom. The van der Waals surface area contributed by atoms with Gasteiger partial charge in [0.1, 0.15) is 12.4 Å². The Balaban J connectivity index is 1.49. The number of hydrogen-bond donors (Lipinski definition) is 1. The summed E-state index contributed by atoms with van der Waals surface area (Å²) >= 11 is 11.9. The van der Waals surface area contributed by atoms with Gasteiger partial charge >= 0.3 is 5.97 Å². The third-order valence-electron chi connectivity index (χ3n) is 4.00. The molecule has 0 fully saturated rings. The number of carbonyl (C=O) groups is 2. The van der Waals surface area contributed by atoms with Gasteiger partial charge in [-0.25, -0.2) is 4.68 Å². The number of esters is 1. The predicted molar refractivity (Wildman–Crippen MR) is 113 cm³/mol. The molecular formula is C19H18Cl2N6O3. The minimum absolute atomic E-state index is 0.103. The van der Waals surface area contributed by atoms with Gasteiger partial charge in [-0.2, -0.15) is 5.10 Å². The van der Waals surface area contributed by atoms with E-state index < -0.39 is 18.5 Å². The highest BCUT2D eigenvalue weighted by molar-refractivity contribution is 6.31. The van der Waals surface area contributed by atoms with Crippen LogP contribution in [0, 0.1) is 0 Å². The van der Waals surface area contributed by atoms with Gasteiger partial charge in [-0.05, 0) is 23.8 Å². The van der Waals surface area contributed by atoms with Gasteiger partial charge < -0.3 is 15.0 Å². The summed E-state index contributed by atoms with van der Waals surface area (Å²) in [7, 11) is 1.65. The fourth-order valence-electron chi connectivity index (χ4n) is 2.51. The van der Waals surface area contributed by atoms with Crippen LogP contribution in [0.5, 0.6) is 0 Å². The van der Waals surface area contributed by atoms with Crippen LogP contribution in [0.25, 0.3) is 0 Å². The van der Waals surface area contributed by atoms with E-state index in [1.165, 1.54) is 4.90 Å². The van der Waals surface area contributed by atoms with E-state index in [9.17, 15) is 9.59 Å². The Morgan fingerprint density at radius 3 is 2.67 bits per heavy atom. The Hall–Kier alpha value is -3.17. The molecule has 0 aliphatic rings. The average molecular weight is 449 g/mol. The molecule has 0 unspecified atom stereocenters. The van der Waals surface area contributed by atoms with E-state index >= 15 is 0 Å². The van der Waals surface area contributed by atoms with Crippen molar-refractivity contribution in [2.75, 3.05) is 30.4 Å². The number of halogens is 2. The van der Waals surface area contributed by atoms with Crippen LogP contribution < -0.4 is 10.2 Å². The number of amides is 1. The second kappa shape index (κ2) is 10.0. The van der Waals surface area contributed by atoms with Crippen LogP contribution in [0.1, 0.15) is 5.56 Å². The standard InChI is InChI=1S/C19H18Cl2N6O3/c1-26(17-7-6-15(21)24-25-17)11-19(29)30-12-18(28)23-16-8-9-22-27(16)10-13-4-2-3-5-14(13)20/h2-9H,10-12H2,1H3,(H,23,28). The molecule has 1 aromatic carbocycles. The van der Waals surface area contributed by atoms with Crippen molar-refractivity contribution < 1.29 is 14.3 Å². The lowest BCUT2D eigenvalue weighted by atomic mass is 10.2. The zero-order valence-corrected chi connectivity index (χ0v) is 17.5. The number of nitrogens with zero attached hydrogens (tertiary/aromatic N) is 5. The normalized spacial score (nSPS) is 10.5. The highest BCUT2D eigenvalue weighted by Gasteiger charge is 2.14. The molecule has 0 aliphatic carbocycles. The molecule has 156 valence electrons.